The predicted octanol–water partition coefficient (Wildman–Crippen LogP) is 3.25. The van der Waals surface area contributed by atoms with E-state index in [1.54, 1.807) is 18.2 Å². The van der Waals surface area contributed by atoms with Crippen molar-refractivity contribution >= 4 is 21.7 Å². The SMILES string of the molecule is Cc1ccc(S(=O)(=O)Oc2ccc3c(c2)OC2CNCCC32)cc1Cl. The molecule has 0 amide bonds. The Kier molecular flexibility index (Phi) is 4.14. The molecule has 2 aliphatic heterocycles. The van der Waals surface area contributed by atoms with Gasteiger partial charge in [0.05, 0.1) is 0 Å². The molecule has 0 saturated carbocycles. The fourth-order valence-corrected chi connectivity index (χ4v) is 4.55. The maximum absolute atomic E-state index is 12.5. The second-order valence-electron chi connectivity index (χ2n) is 6.40. The third kappa shape index (κ3) is 3.10. The molecule has 2 heterocycles. The van der Waals surface area contributed by atoms with Crippen LogP contribution in [-0.2, 0) is 10.1 Å². The summed E-state index contributed by atoms with van der Waals surface area (Å²) in [6.07, 6.45) is 1.12. The van der Waals surface area contributed by atoms with Crippen molar-refractivity contribution in [1.29, 1.82) is 0 Å². The Balaban J connectivity index is 1.60. The van der Waals surface area contributed by atoms with Gasteiger partial charge in [0.2, 0.25) is 0 Å². The Morgan fingerprint density at radius 2 is 2.08 bits per heavy atom. The van der Waals surface area contributed by atoms with Gasteiger partial charge < -0.3 is 14.2 Å². The first-order valence-corrected chi connectivity index (χ1v) is 9.94. The van der Waals surface area contributed by atoms with Gasteiger partial charge in [-0.1, -0.05) is 23.7 Å². The number of ether oxygens (including phenoxy) is 1. The van der Waals surface area contributed by atoms with Gasteiger partial charge in [0.1, 0.15) is 22.5 Å². The largest absolute Gasteiger partial charge is 0.488 e. The Morgan fingerprint density at radius 1 is 1.24 bits per heavy atom. The molecule has 0 aromatic heterocycles. The van der Waals surface area contributed by atoms with Crippen LogP contribution in [0.1, 0.15) is 23.5 Å². The van der Waals surface area contributed by atoms with Crippen molar-refractivity contribution in [3.8, 4) is 11.5 Å². The number of benzene rings is 2. The van der Waals surface area contributed by atoms with Crippen molar-refractivity contribution in [3.63, 3.8) is 0 Å². The average Bonchev–Trinajstić information content (AvgIpc) is 2.94. The first-order chi connectivity index (χ1) is 11.9. The lowest BCUT2D eigenvalue weighted by Crippen LogP contribution is -2.39. The van der Waals surface area contributed by atoms with E-state index >= 15 is 0 Å². The molecule has 0 bridgehead atoms. The molecule has 25 heavy (non-hydrogen) atoms. The van der Waals surface area contributed by atoms with Crippen molar-refractivity contribution in [2.75, 3.05) is 13.1 Å². The van der Waals surface area contributed by atoms with E-state index in [9.17, 15) is 8.42 Å². The van der Waals surface area contributed by atoms with Gasteiger partial charge in [-0.2, -0.15) is 8.42 Å². The normalized spacial score (nSPS) is 22.0. The Hall–Kier alpha value is -1.76. The maximum Gasteiger partial charge on any atom is 0.339 e. The van der Waals surface area contributed by atoms with Crippen LogP contribution in [0.15, 0.2) is 41.3 Å². The molecule has 2 aromatic carbocycles. The van der Waals surface area contributed by atoms with Gasteiger partial charge >= 0.3 is 10.1 Å². The van der Waals surface area contributed by atoms with E-state index in [4.69, 9.17) is 20.5 Å². The van der Waals surface area contributed by atoms with Gasteiger partial charge in [0.15, 0.2) is 0 Å². The fraction of sp³-hybridized carbons (Fsp3) is 0.333. The first kappa shape index (κ1) is 16.7. The second-order valence-corrected chi connectivity index (χ2v) is 8.36. The summed E-state index contributed by atoms with van der Waals surface area (Å²) in [5, 5.41) is 3.70. The van der Waals surface area contributed by atoms with Crippen molar-refractivity contribution in [1.82, 2.24) is 5.32 Å². The lowest BCUT2D eigenvalue weighted by Gasteiger charge is -2.24. The molecule has 2 aromatic rings. The summed E-state index contributed by atoms with van der Waals surface area (Å²) in [5.41, 5.74) is 1.93. The van der Waals surface area contributed by atoms with Gasteiger partial charge in [-0.15, -0.1) is 0 Å². The molecule has 1 saturated heterocycles. The molecule has 7 heteroatoms. The van der Waals surface area contributed by atoms with Crippen LogP contribution in [0.3, 0.4) is 0 Å². The van der Waals surface area contributed by atoms with Crippen LogP contribution in [-0.4, -0.2) is 27.6 Å². The minimum atomic E-state index is -3.95. The van der Waals surface area contributed by atoms with Gasteiger partial charge in [-0.25, -0.2) is 0 Å². The molecule has 5 nitrogen and oxygen atoms in total. The van der Waals surface area contributed by atoms with E-state index in [-0.39, 0.29) is 16.7 Å². The van der Waals surface area contributed by atoms with Gasteiger partial charge in [-0.05, 0) is 43.7 Å². The highest BCUT2D eigenvalue weighted by atomic mass is 35.5. The van der Waals surface area contributed by atoms with Gasteiger partial charge in [0, 0.05) is 29.1 Å². The Morgan fingerprint density at radius 3 is 2.88 bits per heavy atom. The summed E-state index contributed by atoms with van der Waals surface area (Å²) in [7, 11) is -3.95. The summed E-state index contributed by atoms with van der Waals surface area (Å²) in [5.74, 6) is 1.30. The molecule has 1 fully saturated rings. The zero-order valence-electron chi connectivity index (χ0n) is 13.7. The lowest BCUT2D eigenvalue weighted by molar-refractivity contribution is 0.176. The number of fused-ring (bicyclic) bond motifs is 3. The third-order valence-electron chi connectivity index (χ3n) is 4.73. The third-order valence-corrected chi connectivity index (χ3v) is 6.38. The van der Waals surface area contributed by atoms with Crippen molar-refractivity contribution < 1.29 is 17.3 Å². The Labute approximate surface area is 152 Å². The van der Waals surface area contributed by atoms with E-state index in [2.05, 4.69) is 5.32 Å². The minimum absolute atomic E-state index is 0.0300. The van der Waals surface area contributed by atoms with E-state index in [0.717, 1.165) is 30.6 Å². The van der Waals surface area contributed by atoms with Gasteiger partial charge in [0.25, 0.3) is 0 Å². The highest BCUT2D eigenvalue weighted by molar-refractivity contribution is 7.87. The first-order valence-electron chi connectivity index (χ1n) is 8.16. The number of hydrogen-bond donors (Lipinski definition) is 1. The molecule has 0 spiro atoms. The summed E-state index contributed by atoms with van der Waals surface area (Å²) < 4.78 is 36.2. The quantitative estimate of drug-likeness (QED) is 0.829. The highest BCUT2D eigenvalue weighted by Gasteiger charge is 2.36. The van der Waals surface area contributed by atoms with Crippen LogP contribution in [0.25, 0.3) is 0 Å². The number of rotatable bonds is 3. The predicted molar refractivity (Wildman–Crippen MR) is 95.1 cm³/mol. The molecular weight excluding hydrogens is 362 g/mol. The van der Waals surface area contributed by atoms with E-state index in [0.29, 0.717) is 16.7 Å². The molecular formula is C18H18ClNO4S. The van der Waals surface area contributed by atoms with Crippen LogP contribution in [0.5, 0.6) is 11.5 Å². The number of nitrogens with one attached hydrogen (secondary N) is 1. The molecule has 0 radical (unpaired) electrons. The van der Waals surface area contributed by atoms with Gasteiger partial charge in [-0.3, -0.25) is 0 Å². The standard InChI is InChI=1S/C18H18ClNO4S/c1-11-2-4-13(9-16(11)19)25(21,22)24-12-3-5-14-15-6-7-20-10-18(15)23-17(14)8-12/h2-5,8-9,15,18,20H,6-7,10H2,1H3. The number of hydrogen-bond acceptors (Lipinski definition) is 5. The van der Waals surface area contributed by atoms with Crippen LogP contribution in [0.4, 0.5) is 0 Å². The summed E-state index contributed by atoms with van der Waals surface area (Å²) in [4.78, 5) is 0.0300. The van der Waals surface area contributed by atoms with E-state index in [1.165, 1.54) is 12.1 Å². The average molecular weight is 380 g/mol. The monoisotopic (exact) mass is 379 g/mol. The van der Waals surface area contributed by atoms with Crippen molar-refractivity contribution in [2.24, 2.45) is 0 Å². The zero-order valence-corrected chi connectivity index (χ0v) is 15.2. The highest BCUT2D eigenvalue weighted by Crippen LogP contribution is 2.43. The summed E-state index contributed by atoms with van der Waals surface area (Å²) >= 11 is 6.02. The fourth-order valence-electron chi connectivity index (χ4n) is 3.35. The molecule has 2 atom stereocenters. The zero-order chi connectivity index (χ0) is 17.6. The van der Waals surface area contributed by atoms with E-state index < -0.39 is 10.1 Å². The number of aryl methyl sites for hydroxylation is 1. The van der Waals surface area contributed by atoms with Crippen molar-refractivity contribution in [2.45, 2.75) is 30.3 Å². The maximum atomic E-state index is 12.5. The second kappa shape index (κ2) is 6.20. The summed E-state index contributed by atoms with van der Waals surface area (Å²) in [6, 6.07) is 9.78. The van der Waals surface area contributed by atoms with Crippen LogP contribution in [0.2, 0.25) is 5.02 Å². The smallest absolute Gasteiger partial charge is 0.339 e. The molecule has 1 N–H and O–H groups in total. The Bertz CT molecular complexity index is 929. The molecule has 2 aliphatic rings. The van der Waals surface area contributed by atoms with Crippen LogP contribution in [0, 0.1) is 6.92 Å². The molecule has 4 rings (SSSR count). The van der Waals surface area contributed by atoms with Crippen molar-refractivity contribution in [3.05, 3.63) is 52.5 Å². The molecule has 132 valence electrons. The lowest BCUT2D eigenvalue weighted by atomic mass is 9.90. The van der Waals surface area contributed by atoms with Crippen LogP contribution < -0.4 is 14.2 Å². The summed E-state index contributed by atoms with van der Waals surface area (Å²) in [6.45, 7) is 3.58. The number of halogens is 1. The molecule has 0 aliphatic carbocycles. The number of piperidine rings is 1. The van der Waals surface area contributed by atoms with E-state index in [1.807, 2.05) is 13.0 Å². The molecule has 2 unspecified atom stereocenters. The minimum Gasteiger partial charge on any atom is -0.488 e. The van der Waals surface area contributed by atoms with Crippen LogP contribution >= 0.6 is 11.6 Å². The topological polar surface area (TPSA) is 64.6 Å².